The molecule has 1 rings (SSSR count). The smallest absolute Gasteiger partial charge is 0.133 e. The minimum Gasteiger partial charge on any atom is -0.206 e. The Morgan fingerprint density at radius 3 is 1.86 bits per heavy atom. The standard InChI is InChI=1S/C12H14F2/c1-5-9-10(13)6-8(7-11(9)14)12(2,3)4/h5-7H,1H2,2-4H3. The van der Waals surface area contributed by atoms with Gasteiger partial charge in [0.05, 0.1) is 0 Å². The van der Waals surface area contributed by atoms with E-state index in [1.54, 1.807) is 0 Å². The van der Waals surface area contributed by atoms with E-state index in [0.717, 1.165) is 0 Å². The van der Waals surface area contributed by atoms with Crippen LogP contribution in [0.25, 0.3) is 6.08 Å². The highest BCUT2D eigenvalue weighted by Gasteiger charge is 2.17. The lowest BCUT2D eigenvalue weighted by Gasteiger charge is -2.19. The van der Waals surface area contributed by atoms with Gasteiger partial charge in [0, 0.05) is 5.56 Å². The highest BCUT2D eigenvalue weighted by Crippen LogP contribution is 2.26. The average molecular weight is 196 g/mol. The molecule has 2 heteroatoms. The maximum absolute atomic E-state index is 13.3. The van der Waals surface area contributed by atoms with Crippen LogP contribution in [0, 0.1) is 11.6 Å². The predicted octanol–water partition coefficient (Wildman–Crippen LogP) is 3.91. The Bertz CT molecular complexity index is 336. The number of benzene rings is 1. The van der Waals surface area contributed by atoms with Crippen molar-refractivity contribution in [3.8, 4) is 0 Å². The van der Waals surface area contributed by atoms with E-state index in [4.69, 9.17) is 0 Å². The summed E-state index contributed by atoms with van der Waals surface area (Å²) < 4.78 is 26.7. The van der Waals surface area contributed by atoms with Gasteiger partial charge >= 0.3 is 0 Å². The molecule has 0 amide bonds. The van der Waals surface area contributed by atoms with Crippen LogP contribution in [0.1, 0.15) is 31.9 Å². The van der Waals surface area contributed by atoms with Gasteiger partial charge in [-0.15, -0.1) is 0 Å². The van der Waals surface area contributed by atoms with Gasteiger partial charge in [0.25, 0.3) is 0 Å². The second-order valence-electron chi connectivity index (χ2n) is 4.31. The van der Waals surface area contributed by atoms with Crippen LogP contribution < -0.4 is 0 Å². The van der Waals surface area contributed by atoms with E-state index >= 15 is 0 Å². The summed E-state index contributed by atoms with van der Waals surface area (Å²) in [6.45, 7) is 9.10. The van der Waals surface area contributed by atoms with Crippen LogP contribution in [0.2, 0.25) is 0 Å². The highest BCUT2D eigenvalue weighted by atomic mass is 19.1. The molecule has 0 saturated carbocycles. The molecule has 0 aliphatic heterocycles. The third kappa shape index (κ3) is 2.00. The number of rotatable bonds is 1. The first-order valence-electron chi connectivity index (χ1n) is 4.48. The second-order valence-corrected chi connectivity index (χ2v) is 4.31. The van der Waals surface area contributed by atoms with Gasteiger partial charge < -0.3 is 0 Å². The Morgan fingerprint density at radius 1 is 1.14 bits per heavy atom. The SMILES string of the molecule is C=Cc1c(F)cc(C(C)(C)C)cc1F. The Balaban J connectivity index is 3.35. The summed E-state index contributed by atoms with van der Waals surface area (Å²) >= 11 is 0. The maximum atomic E-state index is 13.3. The van der Waals surface area contributed by atoms with Crippen LogP contribution in [-0.4, -0.2) is 0 Å². The van der Waals surface area contributed by atoms with E-state index in [1.807, 2.05) is 20.8 Å². The number of halogens is 2. The molecule has 14 heavy (non-hydrogen) atoms. The molecular formula is C12H14F2. The molecular weight excluding hydrogens is 182 g/mol. The zero-order valence-electron chi connectivity index (χ0n) is 8.70. The molecule has 0 aliphatic carbocycles. The number of hydrogen-bond donors (Lipinski definition) is 0. The van der Waals surface area contributed by atoms with Crippen molar-refractivity contribution in [1.82, 2.24) is 0 Å². The normalized spacial score (nSPS) is 11.5. The second kappa shape index (κ2) is 3.52. The van der Waals surface area contributed by atoms with Crippen LogP contribution in [-0.2, 0) is 5.41 Å². The lowest BCUT2D eigenvalue weighted by atomic mass is 9.86. The monoisotopic (exact) mass is 196 g/mol. The van der Waals surface area contributed by atoms with Gasteiger partial charge in [-0.05, 0) is 23.1 Å². The van der Waals surface area contributed by atoms with Crippen molar-refractivity contribution >= 4 is 6.08 Å². The molecule has 0 nitrogen and oxygen atoms in total. The van der Waals surface area contributed by atoms with E-state index in [0.29, 0.717) is 5.56 Å². The topological polar surface area (TPSA) is 0 Å². The molecule has 0 N–H and O–H groups in total. The molecule has 0 bridgehead atoms. The zero-order chi connectivity index (χ0) is 10.9. The molecule has 0 heterocycles. The van der Waals surface area contributed by atoms with Crippen LogP contribution in [0.4, 0.5) is 8.78 Å². The predicted molar refractivity (Wildman–Crippen MR) is 55.1 cm³/mol. The average Bonchev–Trinajstić information content (AvgIpc) is 2.01. The van der Waals surface area contributed by atoms with E-state index in [1.165, 1.54) is 18.2 Å². The minimum absolute atomic E-state index is 0.0574. The van der Waals surface area contributed by atoms with Crippen molar-refractivity contribution in [2.75, 3.05) is 0 Å². The van der Waals surface area contributed by atoms with Gasteiger partial charge in [-0.2, -0.15) is 0 Å². The molecule has 0 atom stereocenters. The Hall–Kier alpha value is -1.18. The minimum atomic E-state index is -0.551. The van der Waals surface area contributed by atoms with Gasteiger partial charge in [-0.25, -0.2) is 8.78 Å². The number of hydrogen-bond acceptors (Lipinski definition) is 0. The lowest BCUT2D eigenvalue weighted by molar-refractivity contribution is 0.542. The first kappa shape index (κ1) is 10.9. The first-order chi connectivity index (χ1) is 6.36. The van der Waals surface area contributed by atoms with Gasteiger partial charge in [-0.3, -0.25) is 0 Å². The van der Waals surface area contributed by atoms with Gasteiger partial charge in [0.2, 0.25) is 0 Å². The molecule has 1 aromatic rings. The molecule has 0 aromatic heterocycles. The summed E-state index contributed by atoms with van der Waals surface area (Å²) in [5, 5.41) is 0. The van der Waals surface area contributed by atoms with Crippen molar-refractivity contribution in [3.63, 3.8) is 0 Å². The molecule has 76 valence electrons. The van der Waals surface area contributed by atoms with Crippen molar-refractivity contribution in [1.29, 1.82) is 0 Å². The molecule has 0 aliphatic rings. The van der Waals surface area contributed by atoms with Crippen LogP contribution in [0.3, 0.4) is 0 Å². The summed E-state index contributed by atoms with van der Waals surface area (Å²) in [5.41, 5.74) is 0.345. The van der Waals surface area contributed by atoms with Crippen molar-refractivity contribution in [2.24, 2.45) is 0 Å². The fourth-order valence-electron chi connectivity index (χ4n) is 1.21. The Kier molecular flexibility index (Phi) is 2.74. The van der Waals surface area contributed by atoms with Crippen LogP contribution in [0.5, 0.6) is 0 Å². The third-order valence-corrected chi connectivity index (χ3v) is 2.15. The van der Waals surface area contributed by atoms with Crippen molar-refractivity contribution in [2.45, 2.75) is 26.2 Å². The van der Waals surface area contributed by atoms with Gasteiger partial charge in [0.1, 0.15) is 11.6 Å². The molecule has 0 saturated heterocycles. The van der Waals surface area contributed by atoms with E-state index in [9.17, 15) is 8.78 Å². The van der Waals surface area contributed by atoms with E-state index in [2.05, 4.69) is 6.58 Å². The Morgan fingerprint density at radius 2 is 1.57 bits per heavy atom. The van der Waals surface area contributed by atoms with Gasteiger partial charge in [-0.1, -0.05) is 33.4 Å². The van der Waals surface area contributed by atoms with E-state index in [-0.39, 0.29) is 11.0 Å². The summed E-state index contributed by atoms with van der Waals surface area (Å²) in [7, 11) is 0. The lowest BCUT2D eigenvalue weighted by Crippen LogP contribution is -2.12. The largest absolute Gasteiger partial charge is 0.206 e. The van der Waals surface area contributed by atoms with Crippen molar-refractivity contribution in [3.05, 3.63) is 41.5 Å². The zero-order valence-corrected chi connectivity index (χ0v) is 8.70. The molecule has 0 radical (unpaired) electrons. The fourth-order valence-corrected chi connectivity index (χ4v) is 1.21. The van der Waals surface area contributed by atoms with Crippen LogP contribution in [0.15, 0.2) is 18.7 Å². The maximum Gasteiger partial charge on any atom is 0.133 e. The molecule has 0 spiro atoms. The Labute approximate surface area is 83.3 Å². The highest BCUT2D eigenvalue weighted by molar-refractivity contribution is 5.50. The van der Waals surface area contributed by atoms with Crippen LogP contribution >= 0.6 is 0 Å². The summed E-state index contributed by atoms with van der Waals surface area (Å²) in [6.07, 6.45) is 1.19. The summed E-state index contributed by atoms with van der Waals surface area (Å²) in [5.74, 6) is -1.10. The molecule has 0 fully saturated rings. The summed E-state index contributed by atoms with van der Waals surface area (Å²) in [6, 6.07) is 2.72. The molecule has 0 unspecified atom stereocenters. The third-order valence-electron chi connectivity index (χ3n) is 2.15. The van der Waals surface area contributed by atoms with E-state index < -0.39 is 11.6 Å². The fraction of sp³-hybridized carbons (Fsp3) is 0.333. The van der Waals surface area contributed by atoms with Gasteiger partial charge in [0.15, 0.2) is 0 Å². The molecule has 1 aromatic carbocycles. The quantitative estimate of drug-likeness (QED) is 0.639. The van der Waals surface area contributed by atoms with Crippen molar-refractivity contribution < 1.29 is 8.78 Å². The first-order valence-corrected chi connectivity index (χ1v) is 4.48. The summed E-state index contributed by atoms with van der Waals surface area (Å²) in [4.78, 5) is 0.